The third-order valence-corrected chi connectivity index (χ3v) is 3.35. The molecule has 0 aliphatic rings. The van der Waals surface area contributed by atoms with Crippen LogP contribution in [-0.2, 0) is 22.8 Å². The highest BCUT2D eigenvalue weighted by atomic mass is 31.3. The maximum Gasteiger partial charge on any atom is 0.271 e. The van der Waals surface area contributed by atoms with E-state index in [-0.39, 0.29) is 6.42 Å². The Morgan fingerprint density at radius 1 is 1.33 bits per heavy atom. The first-order chi connectivity index (χ1) is 6.66. The lowest BCUT2D eigenvalue weighted by Gasteiger charge is -2.35. The third kappa shape index (κ3) is 8.89. The second-order valence-electron chi connectivity index (χ2n) is 2.71. The molecule has 2 atom stereocenters. The molecule has 0 aliphatic heterocycles. The molecule has 0 N–H and O–H groups in total. The van der Waals surface area contributed by atoms with Gasteiger partial charge in [0.1, 0.15) is 6.29 Å². The van der Waals surface area contributed by atoms with Gasteiger partial charge in [-0.3, -0.25) is 8.88 Å². The van der Waals surface area contributed by atoms with Crippen molar-refractivity contribution in [3.63, 3.8) is 0 Å². The zero-order chi connectivity index (χ0) is 12.1. The van der Waals surface area contributed by atoms with Crippen molar-refractivity contribution in [1.82, 2.24) is 0 Å². The van der Waals surface area contributed by atoms with Crippen molar-refractivity contribution >= 4 is 21.9 Å². The van der Waals surface area contributed by atoms with Crippen LogP contribution in [0.5, 0.6) is 0 Å². The second-order valence-corrected chi connectivity index (χ2v) is 5.41. The summed E-state index contributed by atoms with van der Waals surface area (Å²) in [6, 6.07) is 0. The summed E-state index contributed by atoms with van der Waals surface area (Å²) in [5.74, 6) is -0.434. The van der Waals surface area contributed by atoms with Crippen molar-refractivity contribution in [1.29, 1.82) is 0 Å². The molecule has 0 aromatic rings. The molecule has 0 saturated carbocycles. The average molecular weight is 259 g/mol. The Kier molecular flexibility index (Phi) is 5.84. The molecule has 8 nitrogen and oxygen atoms in total. The van der Waals surface area contributed by atoms with E-state index in [0.717, 1.165) is 0 Å². The Bertz CT molecular complexity index is 295. The van der Waals surface area contributed by atoms with Gasteiger partial charge in [-0.15, -0.1) is 0 Å². The molecule has 0 fully saturated rings. The van der Waals surface area contributed by atoms with E-state index in [2.05, 4.69) is 8.83 Å². The van der Waals surface area contributed by atoms with Crippen molar-refractivity contribution < 1.29 is 37.4 Å². The van der Waals surface area contributed by atoms with Crippen LogP contribution in [0.3, 0.4) is 0 Å². The van der Waals surface area contributed by atoms with Crippen LogP contribution in [-0.4, -0.2) is 12.9 Å². The number of hydrogen-bond donors (Lipinski definition) is 0. The van der Waals surface area contributed by atoms with Crippen molar-refractivity contribution in [2.24, 2.45) is 5.92 Å². The Balaban J connectivity index is 4.00. The zero-order valence-corrected chi connectivity index (χ0v) is 9.52. The normalized spacial score (nSPS) is 18.1. The standard InChI is InChI=1S/C5H12O8P2/c1-5(4-6)2-3-12-15(10,11)13-14(7,8)9/h4-5H,2-3H2,1H3,(H,10,11)(H2,7,8,9)/p-3. The van der Waals surface area contributed by atoms with Gasteiger partial charge in [0.15, 0.2) is 0 Å². The Labute approximate surface area is 86.1 Å². The molecule has 0 bridgehead atoms. The van der Waals surface area contributed by atoms with Gasteiger partial charge in [0.2, 0.25) is 0 Å². The van der Waals surface area contributed by atoms with Gasteiger partial charge in [-0.1, -0.05) is 6.92 Å². The highest BCUT2D eigenvalue weighted by Crippen LogP contribution is 2.50. The fourth-order valence-corrected chi connectivity index (χ4v) is 2.06. The number of hydrogen-bond acceptors (Lipinski definition) is 8. The molecule has 0 amide bonds. The van der Waals surface area contributed by atoms with Gasteiger partial charge in [0, 0.05) is 5.92 Å². The van der Waals surface area contributed by atoms with E-state index in [1.54, 1.807) is 0 Å². The van der Waals surface area contributed by atoms with Crippen LogP contribution in [0.4, 0.5) is 0 Å². The molecule has 0 heterocycles. The molecule has 0 aromatic carbocycles. The second kappa shape index (κ2) is 5.86. The third-order valence-electron chi connectivity index (χ3n) is 1.25. The fraction of sp³-hybridized carbons (Fsp3) is 0.800. The summed E-state index contributed by atoms with van der Waals surface area (Å²) in [4.78, 5) is 40.6. The molecule has 90 valence electrons. The Morgan fingerprint density at radius 2 is 1.87 bits per heavy atom. The highest BCUT2D eigenvalue weighted by molar-refractivity contribution is 7.58. The average Bonchev–Trinajstić information content (AvgIpc) is 1.98. The van der Waals surface area contributed by atoms with Gasteiger partial charge in [-0.05, 0) is 6.42 Å². The molecule has 0 saturated heterocycles. The van der Waals surface area contributed by atoms with Crippen molar-refractivity contribution in [3.05, 3.63) is 0 Å². The largest absolute Gasteiger partial charge is 0.790 e. The molecular weight excluding hydrogens is 250 g/mol. The van der Waals surface area contributed by atoms with Gasteiger partial charge >= 0.3 is 0 Å². The summed E-state index contributed by atoms with van der Waals surface area (Å²) in [5, 5.41) is 0. The summed E-state index contributed by atoms with van der Waals surface area (Å²) in [6.45, 7) is 1.08. The lowest BCUT2D eigenvalue weighted by atomic mass is 10.1. The van der Waals surface area contributed by atoms with Crippen LogP contribution >= 0.6 is 15.6 Å². The van der Waals surface area contributed by atoms with Crippen LogP contribution in [0, 0.1) is 5.92 Å². The van der Waals surface area contributed by atoms with Crippen molar-refractivity contribution in [2.75, 3.05) is 6.61 Å². The van der Waals surface area contributed by atoms with Crippen LogP contribution < -0.4 is 14.7 Å². The summed E-state index contributed by atoms with van der Waals surface area (Å²) in [7, 11) is -10.8. The van der Waals surface area contributed by atoms with Gasteiger partial charge in [-0.2, -0.15) is 0 Å². The number of aldehydes is 1. The van der Waals surface area contributed by atoms with E-state index in [1.807, 2.05) is 0 Å². The topological polar surface area (TPSA) is 139 Å². The quantitative estimate of drug-likeness (QED) is 0.399. The maximum absolute atomic E-state index is 10.6. The first-order valence-corrected chi connectivity index (χ1v) is 6.73. The van der Waals surface area contributed by atoms with Gasteiger partial charge < -0.3 is 28.6 Å². The fourth-order valence-electron chi connectivity index (χ4n) is 0.564. The number of phosphoric ester groups is 1. The molecule has 0 aromatic heterocycles. The van der Waals surface area contributed by atoms with Gasteiger partial charge in [-0.25, -0.2) is 0 Å². The molecule has 0 radical (unpaired) electrons. The van der Waals surface area contributed by atoms with Crippen LogP contribution in [0.1, 0.15) is 13.3 Å². The lowest BCUT2D eigenvalue weighted by molar-refractivity contribution is -0.339. The van der Waals surface area contributed by atoms with E-state index in [1.165, 1.54) is 6.92 Å². The Morgan fingerprint density at radius 3 is 2.27 bits per heavy atom. The monoisotopic (exact) mass is 259 g/mol. The van der Waals surface area contributed by atoms with E-state index in [0.29, 0.717) is 6.29 Å². The smallest absolute Gasteiger partial charge is 0.271 e. The number of phosphoric acid groups is 2. The van der Waals surface area contributed by atoms with E-state index < -0.39 is 28.2 Å². The van der Waals surface area contributed by atoms with Crippen LogP contribution in [0.2, 0.25) is 0 Å². The number of carbonyl (C=O) groups excluding carboxylic acids is 1. The lowest BCUT2D eigenvalue weighted by Crippen LogP contribution is -2.19. The maximum atomic E-state index is 10.6. The van der Waals surface area contributed by atoms with Gasteiger partial charge in [0.25, 0.3) is 7.82 Å². The van der Waals surface area contributed by atoms with Crippen molar-refractivity contribution in [2.45, 2.75) is 13.3 Å². The molecule has 0 rings (SSSR count). The molecule has 0 spiro atoms. The first-order valence-electron chi connectivity index (χ1n) is 3.80. The summed E-state index contributed by atoms with van der Waals surface area (Å²) < 4.78 is 27.8. The van der Waals surface area contributed by atoms with Gasteiger partial charge in [0.05, 0.1) is 14.4 Å². The molecule has 10 heteroatoms. The van der Waals surface area contributed by atoms with Crippen molar-refractivity contribution in [3.8, 4) is 0 Å². The highest BCUT2D eigenvalue weighted by Gasteiger charge is 2.12. The number of rotatable bonds is 7. The predicted molar refractivity (Wildman–Crippen MR) is 42.1 cm³/mol. The van der Waals surface area contributed by atoms with E-state index in [9.17, 15) is 28.6 Å². The predicted octanol–water partition coefficient (Wildman–Crippen LogP) is -1.46. The van der Waals surface area contributed by atoms with E-state index in [4.69, 9.17) is 0 Å². The summed E-state index contributed by atoms with van der Waals surface area (Å²) in [5.41, 5.74) is 0. The molecule has 0 aliphatic carbocycles. The molecule has 15 heavy (non-hydrogen) atoms. The van der Waals surface area contributed by atoms with E-state index >= 15 is 0 Å². The van der Waals surface area contributed by atoms with Crippen LogP contribution in [0.25, 0.3) is 0 Å². The SMILES string of the molecule is CC(C=O)CCOP(=O)([O-])OP(=O)([O-])[O-]. The minimum absolute atomic E-state index is 0.0705. The zero-order valence-electron chi connectivity index (χ0n) is 7.73. The molecular formula is C5H9O8P2-3. The van der Waals surface area contributed by atoms with Crippen LogP contribution in [0.15, 0.2) is 0 Å². The molecule has 2 unspecified atom stereocenters. The Hall–Kier alpha value is -0.0700. The summed E-state index contributed by atoms with van der Waals surface area (Å²) >= 11 is 0. The number of carbonyl (C=O) groups is 1. The minimum Gasteiger partial charge on any atom is -0.790 e. The first kappa shape index (κ1) is 14.9. The summed E-state index contributed by atoms with van der Waals surface area (Å²) in [6.07, 6.45) is 0.646. The minimum atomic E-state index is -5.63.